The van der Waals surface area contributed by atoms with Crippen LogP contribution < -0.4 is 4.90 Å². The Morgan fingerprint density at radius 2 is 1.44 bits per heavy atom. The van der Waals surface area contributed by atoms with E-state index in [1.54, 1.807) is 0 Å². The van der Waals surface area contributed by atoms with Crippen molar-refractivity contribution in [1.82, 2.24) is 0 Å². The SMILES string of the molecule is CC1=C(c2ccc(N(c3cccc(C4CCCCC4)c3)c3cc4c(c5ccccc35)-c3ccc(C)cc3C4(C)C)cc2C)C=CC(C)C1. The Bertz CT molecular complexity index is 2120. The van der Waals surface area contributed by atoms with E-state index >= 15 is 0 Å². The van der Waals surface area contributed by atoms with E-state index in [2.05, 4.69) is 150 Å². The molecule has 3 aliphatic rings. The lowest BCUT2D eigenvalue weighted by Gasteiger charge is -2.31. The molecule has 0 amide bonds. The highest BCUT2D eigenvalue weighted by Gasteiger charge is 2.38. The average molecular weight is 628 g/mol. The number of hydrogen-bond acceptors (Lipinski definition) is 1. The third kappa shape index (κ3) is 5.14. The minimum Gasteiger partial charge on any atom is -0.310 e. The van der Waals surface area contributed by atoms with E-state index in [9.17, 15) is 0 Å². The zero-order valence-corrected chi connectivity index (χ0v) is 29.7. The lowest BCUT2D eigenvalue weighted by Crippen LogP contribution is -2.17. The lowest BCUT2D eigenvalue weighted by molar-refractivity contribution is 0.443. The third-order valence-electron chi connectivity index (χ3n) is 11.7. The van der Waals surface area contributed by atoms with E-state index in [0.29, 0.717) is 11.8 Å². The summed E-state index contributed by atoms with van der Waals surface area (Å²) >= 11 is 0. The fraction of sp³-hybridized carbons (Fsp3) is 0.319. The van der Waals surface area contributed by atoms with E-state index in [0.717, 1.165) is 6.42 Å². The number of hydrogen-bond donors (Lipinski definition) is 0. The van der Waals surface area contributed by atoms with E-state index in [4.69, 9.17) is 0 Å². The molecule has 0 spiro atoms. The number of rotatable bonds is 5. The second-order valence-corrected chi connectivity index (χ2v) is 15.5. The Morgan fingerprint density at radius 1 is 0.688 bits per heavy atom. The molecule has 1 saturated carbocycles. The first-order valence-corrected chi connectivity index (χ1v) is 18.3. The number of aryl methyl sites for hydroxylation is 2. The summed E-state index contributed by atoms with van der Waals surface area (Å²) in [6.07, 6.45) is 12.5. The van der Waals surface area contributed by atoms with Crippen molar-refractivity contribution in [1.29, 1.82) is 0 Å². The molecule has 3 aliphatic carbocycles. The van der Waals surface area contributed by atoms with Gasteiger partial charge in [-0.25, -0.2) is 0 Å². The van der Waals surface area contributed by atoms with Gasteiger partial charge in [0.1, 0.15) is 0 Å². The summed E-state index contributed by atoms with van der Waals surface area (Å²) in [7, 11) is 0. The lowest BCUT2D eigenvalue weighted by atomic mass is 9.81. The van der Waals surface area contributed by atoms with Gasteiger partial charge in [-0.1, -0.05) is 124 Å². The second-order valence-electron chi connectivity index (χ2n) is 15.5. The fourth-order valence-electron chi connectivity index (χ4n) is 9.12. The van der Waals surface area contributed by atoms with Gasteiger partial charge in [-0.3, -0.25) is 0 Å². The van der Waals surface area contributed by atoms with Crippen molar-refractivity contribution in [2.24, 2.45) is 5.92 Å². The van der Waals surface area contributed by atoms with Crippen molar-refractivity contribution >= 4 is 33.4 Å². The summed E-state index contributed by atoms with van der Waals surface area (Å²) in [5.74, 6) is 1.25. The first kappa shape index (κ1) is 30.9. The first-order chi connectivity index (χ1) is 23.2. The van der Waals surface area contributed by atoms with Crippen molar-refractivity contribution in [3.05, 3.63) is 142 Å². The van der Waals surface area contributed by atoms with Crippen LogP contribution in [0.5, 0.6) is 0 Å². The zero-order valence-electron chi connectivity index (χ0n) is 29.7. The topological polar surface area (TPSA) is 3.24 Å². The summed E-state index contributed by atoms with van der Waals surface area (Å²) in [5, 5.41) is 2.64. The molecule has 0 heterocycles. The molecular weight excluding hydrogens is 579 g/mol. The number of benzene rings is 5. The first-order valence-electron chi connectivity index (χ1n) is 18.3. The molecule has 0 aromatic heterocycles. The van der Waals surface area contributed by atoms with Crippen LogP contribution in [0.3, 0.4) is 0 Å². The molecule has 8 rings (SSSR count). The molecular formula is C47H49N. The molecule has 48 heavy (non-hydrogen) atoms. The number of allylic oxidation sites excluding steroid dienone is 4. The van der Waals surface area contributed by atoms with Gasteiger partial charge in [0.2, 0.25) is 0 Å². The predicted molar refractivity (Wildman–Crippen MR) is 207 cm³/mol. The Balaban J connectivity index is 1.36. The van der Waals surface area contributed by atoms with Gasteiger partial charge in [-0.2, -0.15) is 0 Å². The van der Waals surface area contributed by atoms with Gasteiger partial charge in [0.25, 0.3) is 0 Å². The Morgan fingerprint density at radius 3 is 2.21 bits per heavy atom. The van der Waals surface area contributed by atoms with Crippen LogP contribution in [0.4, 0.5) is 17.1 Å². The molecule has 1 heteroatoms. The van der Waals surface area contributed by atoms with Gasteiger partial charge in [0.05, 0.1) is 5.69 Å². The maximum absolute atomic E-state index is 2.57. The van der Waals surface area contributed by atoms with Crippen LogP contribution in [0.15, 0.2) is 109 Å². The van der Waals surface area contributed by atoms with E-state index in [1.807, 2.05) is 0 Å². The maximum atomic E-state index is 2.57. The van der Waals surface area contributed by atoms with Crippen molar-refractivity contribution in [2.45, 2.75) is 91.4 Å². The Kier molecular flexibility index (Phi) is 7.71. The largest absolute Gasteiger partial charge is 0.310 e. The van der Waals surface area contributed by atoms with E-state index in [1.165, 1.54) is 116 Å². The molecule has 0 N–H and O–H groups in total. The monoisotopic (exact) mass is 627 g/mol. The van der Waals surface area contributed by atoms with Gasteiger partial charge in [-0.15, -0.1) is 0 Å². The van der Waals surface area contributed by atoms with Crippen LogP contribution in [-0.2, 0) is 5.41 Å². The van der Waals surface area contributed by atoms with Crippen LogP contribution in [0.1, 0.15) is 106 Å². The predicted octanol–water partition coefficient (Wildman–Crippen LogP) is 13.6. The Hall–Kier alpha value is -4.36. The normalized spacial score (nSPS) is 18.7. The number of fused-ring (bicyclic) bond motifs is 5. The summed E-state index contributed by atoms with van der Waals surface area (Å²) < 4.78 is 0. The van der Waals surface area contributed by atoms with Gasteiger partial charge in [0, 0.05) is 22.2 Å². The molecule has 0 bridgehead atoms. The quantitative estimate of drug-likeness (QED) is 0.187. The van der Waals surface area contributed by atoms with E-state index < -0.39 is 0 Å². The number of nitrogens with zero attached hydrogens (tertiary/aromatic N) is 1. The van der Waals surface area contributed by atoms with Gasteiger partial charge in [-0.05, 0) is 132 Å². The smallest absolute Gasteiger partial charge is 0.0543 e. The molecule has 0 radical (unpaired) electrons. The minimum atomic E-state index is -0.0979. The second kappa shape index (κ2) is 12.0. The maximum Gasteiger partial charge on any atom is 0.0543 e. The van der Waals surface area contributed by atoms with Crippen LogP contribution in [-0.4, -0.2) is 0 Å². The summed E-state index contributed by atoms with van der Waals surface area (Å²) in [4.78, 5) is 2.57. The van der Waals surface area contributed by atoms with Crippen molar-refractivity contribution < 1.29 is 0 Å². The van der Waals surface area contributed by atoms with Gasteiger partial charge < -0.3 is 4.90 Å². The highest BCUT2D eigenvalue weighted by Crippen LogP contribution is 2.55. The third-order valence-corrected chi connectivity index (χ3v) is 11.7. The summed E-state index contributed by atoms with van der Waals surface area (Å²) in [6.45, 7) is 14.0. The fourth-order valence-corrected chi connectivity index (χ4v) is 9.12. The molecule has 0 aliphatic heterocycles. The zero-order chi connectivity index (χ0) is 33.2. The molecule has 1 nitrogen and oxygen atoms in total. The van der Waals surface area contributed by atoms with Crippen molar-refractivity contribution in [3.63, 3.8) is 0 Å². The molecule has 1 atom stereocenters. The molecule has 1 fully saturated rings. The van der Waals surface area contributed by atoms with Crippen LogP contribution in [0, 0.1) is 19.8 Å². The minimum absolute atomic E-state index is 0.0979. The molecule has 0 saturated heterocycles. The van der Waals surface area contributed by atoms with Crippen LogP contribution in [0.2, 0.25) is 0 Å². The van der Waals surface area contributed by atoms with Gasteiger partial charge in [0.15, 0.2) is 0 Å². The highest BCUT2D eigenvalue weighted by molar-refractivity contribution is 6.10. The molecule has 5 aromatic rings. The van der Waals surface area contributed by atoms with Gasteiger partial charge >= 0.3 is 0 Å². The highest BCUT2D eigenvalue weighted by atomic mass is 15.1. The molecule has 1 unspecified atom stereocenters. The number of anilines is 3. The van der Waals surface area contributed by atoms with Crippen LogP contribution >= 0.6 is 0 Å². The Labute approximate surface area is 288 Å². The molecule has 242 valence electrons. The van der Waals surface area contributed by atoms with Crippen LogP contribution in [0.25, 0.3) is 27.5 Å². The average Bonchev–Trinajstić information content (AvgIpc) is 3.31. The summed E-state index contributed by atoms with van der Waals surface area (Å²) in [5.41, 5.74) is 17.6. The van der Waals surface area contributed by atoms with Crippen molar-refractivity contribution in [3.8, 4) is 11.1 Å². The molecule has 5 aromatic carbocycles. The van der Waals surface area contributed by atoms with Crippen molar-refractivity contribution in [2.75, 3.05) is 4.90 Å². The van der Waals surface area contributed by atoms with E-state index in [-0.39, 0.29) is 5.41 Å². The standard InChI is InChI=1S/C47H49N/c1-30-19-22-38(32(3)25-30)39-24-21-37(27-33(39)4)48(36-16-12-15-35(28-36)34-13-8-7-9-14-34)45-29-44-46(41-18-11-10-17-40(41)45)42-23-20-31(2)26-43(42)47(44,5)6/h10-12,15-24,26-30,34H,7-9,13-14,25H2,1-6H3. The summed E-state index contributed by atoms with van der Waals surface area (Å²) in [6, 6.07) is 35.4.